The number of fused-ring (bicyclic) bond motifs is 1. The molecule has 0 atom stereocenters. The molecule has 116 valence electrons. The molecule has 0 fully saturated rings. The zero-order chi connectivity index (χ0) is 16.6. The fraction of sp³-hybridized carbons (Fsp3) is 0.0625. The number of ether oxygens (including phenoxy) is 1. The molecule has 3 rings (SSSR count). The lowest BCUT2D eigenvalue weighted by Crippen LogP contribution is -2.05. The minimum Gasteiger partial charge on any atom is -0.427 e. The monoisotopic (exact) mass is 349 g/mol. The summed E-state index contributed by atoms with van der Waals surface area (Å²) in [4.78, 5) is 27.4. The van der Waals surface area contributed by atoms with Crippen LogP contribution in [0, 0.1) is 0 Å². The Morgan fingerprint density at radius 3 is 2.65 bits per heavy atom. The molecule has 0 aliphatic carbocycles. The first-order valence-electron chi connectivity index (χ1n) is 6.53. The smallest absolute Gasteiger partial charge is 0.347 e. The molecule has 0 unspecified atom stereocenters. The number of aromatic nitrogens is 1. The minimum atomic E-state index is -0.606. The summed E-state index contributed by atoms with van der Waals surface area (Å²) < 4.78 is 10.2. The molecule has 23 heavy (non-hydrogen) atoms. The standard InChI is InChI=1S/C16H9Cl2NO4/c1-8(20)22-10-3-5-14-12(7-10)16(21)23-15(19-14)11-4-2-9(17)6-13(11)18/h2-7H,1H3. The Bertz CT molecular complexity index is 981. The number of carbonyl (C=O) groups excluding carboxylic acids is 1. The van der Waals surface area contributed by atoms with E-state index >= 15 is 0 Å². The Hall–Kier alpha value is -2.37. The minimum absolute atomic E-state index is 0.0874. The summed E-state index contributed by atoms with van der Waals surface area (Å²) in [5, 5.41) is 0.995. The van der Waals surface area contributed by atoms with Crippen LogP contribution in [-0.2, 0) is 4.79 Å². The van der Waals surface area contributed by atoms with Crippen LogP contribution in [0.4, 0.5) is 0 Å². The number of esters is 1. The number of rotatable bonds is 2. The molecule has 0 bridgehead atoms. The molecule has 7 heteroatoms. The molecule has 0 saturated heterocycles. The number of nitrogens with zero attached hydrogens (tertiary/aromatic N) is 1. The van der Waals surface area contributed by atoms with Gasteiger partial charge in [0.2, 0.25) is 5.89 Å². The Labute approximate surface area is 140 Å². The number of halogens is 2. The number of benzene rings is 2. The fourth-order valence-corrected chi connectivity index (χ4v) is 2.55. The lowest BCUT2D eigenvalue weighted by atomic mass is 10.2. The van der Waals surface area contributed by atoms with Crippen molar-refractivity contribution < 1.29 is 13.9 Å². The van der Waals surface area contributed by atoms with Gasteiger partial charge in [-0.15, -0.1) is 0 Å². The SMILES string of the molecule is CC(=O)Oc1ccc2nc(-c3ccc(Cl)cc3Cl)oc(=O)c2c1. The van der Waals surface area contributed by atoms with Crippen molar-refractivity contribution >= 4 is 40.1 Å². The maximum atomic E-state index is 12.2. The second kappa shape index (κ2) is 6.02. The molecule has 0 spiro atoms. The van der Waals surface area contributed by atoms with E-state index in [0.29, 0.717) is 21.1 Å². The van der Waals surface area contributed by atoms with Gasteiger partial charge in [-0.05, 0) is 36.4 Å². The third kappa shape index (κ3) is 3.21. The third-order valence-electron chi connectivity index (χ3n) is 3.02. The van der Waals surface area contributed by atoms with E-state index in [0.717, 1.165) is 0 Å². The van der Waals surface area contributed by atoms with Gasteiger partial charge in [-0.1, -0.05) is 23.2 Å². The topological polar surface area (TPSA) is 69.4 Å². The molecule has 0 radical (unpaired) electrons. The van der Waals surface area contributed by atoms with Crippen LogP contribution in [0.1, 0.15) is 6.92 Å². The second-order valence-electron chi connectivity index (χ2n) is 4.70. The van der Waals surface area contributed by atoms with Crippen LogP contribution >= 0.6 is 23.2 Å². The van der Waals surface area contributed by atoms with Crippen LogP contribution in [0.15, 0.2) is 45.6 Å². The Balaban J connectivity index is 2.15. The van der Waals surface area contributed by atoms with Gasteiger partial charge in [0.1, 0.15) is 5.75 Å². The molecule has 2 aromatic carbocycles. The van der Waals surface area contributed by atoms with E-state index in [1.54, 1.807) is 24.3 Å². The predicted molar refractivity (Wildman–Crippen MR) is 87.0 cm³/mol. The van der Waals surface area contributed by atoms with Crippen LogP contribution in [0.2, 0.25) is 10.0 Å². The maximum Gasteiger partial charge on any atom is 0.347 e. The van der Waals surface area contributed by atoms with Crippen LogP contribution in [-0.4, -0.2) is 11.0 Å². The lowest BCUT2D eigenvalue weighted by Gasteiger charge is -2.05. The van der Waals surface area contributed by atoms with Crippen molar-refractivity contribution in [1.29, 1.82) is 0 Å². The van der Waals surface area contributed by atoms with Crippen molar-refractivity contribution in [3.05, 3.63) is 56.9 Å². The average Bonchev–Trinajstić information content (AvgIpc) is 2.47. The molecule has 0 saturated carbocycles. The highest BCUT2D eigenvalue weighted by Gasteiger charge is 2.13. The maximum absolute atomic E-state index is 12.2. The van der Waals surface area contributed by atoms with E-state index in [9.17, 15) is 9.59 Å². The van der Waals surface area contributed by atoms with Crippen LogP contribution in [0.5, 0.6) is 5.75 Å². The van der Waals surface area contributed by atoms with E-state index in [1.807, 2.05) is 0 Å². The first kappa shape index (κ1) is 15.5. The number of hydrogen-bond donors (Lipinski definition) is 0. The van der Waals surface area contributed by atoms with Crippen LogP contribution in [0.3, 0.4) is 0 Å². The molecule has 5 nitrogen and oxygen atoms in total. The van der Waals surface area contributed by atoms with Crippen molar-refractivity contribution in [3.63, 3.8) is 0 Å². The van der Waals surface area contributed by atoms with Gasteiger partial charge in [-0.3, -0.25) is 4.79 Å². The Morgan fingerprint density at radius 1 is 1.17 bits per heavy atom. The molecule has 1 aromatic heterocycles. The van der Waals surface area contributed by atoms with Gasteiger partial charge in [-0.2, -0.15) is 0 Å². The van der Waals surface area contributed by atoms with Crippen molar-refractivity contribution in [2.24, 2.45) is 0 Å². The highest BCUT2D eigenvalue weighted by molar-refractivity contribution is 6.36. The normalized spacial score (nSPS) is 10.7. The summed E-state index contributed by atoms with van der Waals surface area (Å²) in [5.41, 5.74) is 0.252. The average molecular weight is 350 g/mol. The summed E-state index contributed by atoms with van der Waals surface area (Å²) in [7, 11) is 0. The van der Waals surface area contributed by atoms with E-state index in [-0.39, 0.29) is 17.0 Å². The van der Waals surface area contributed by atoms with Gasteiger partial charge in [0, 0.05) is 11.9 Å². The van der Waals surface area contributed by atoms with Gasteiger partial charge in [0.25, 0.3) is 0 Å². The highest BCUT2D eigenvalue weighted by atomic mass is 35.5. The van der Waals surface area contributed by atoms with Crippen molar-refractivity contribution in [1.82, 2.24) is 4.98 Å². The largest absolute Gasteiger partial charge is 0.427 e. The second-order valence-corrected chi connectivity index (χ2v) is 5.55. The molecule has 0 aliphatic heterocycles. The highest BCUT2D eigenvalue weighted by Crippen LogP contribution is 2.29. The van der Waals surface area contributed by atoms with E-state index in [4.69, 9.17) is 32.4 Å². The van der Waals surface area contributed by atoms with E-state index in [1.165, 1.54) is 19.1 Å². The molecule has 0 amide bonds. The first-order valence-corrected chi connectivity index (χ1v) is 7.28. The molecule has 0 N–H and O–H groups in total. The number of carbonyl (C=O) groups is 1. The molecular weight excluding hydrogens is 341 g/mol. The van der Waals surface area contributed by atoms with Gasteiger partial charge in [-0.25, -0.2) is 9.78 Å². The summed E-state index contributed by atoms with van der Waals surface area (Å²) in [6.45, 7) is 1.27. The van der Waals surface area contributed by atoms with Crippen molar-refractivity contribution in [3.8, 4) is 17.2 Å². The first-order chi connectivity index (χ1) is 10.9. The Morgan fingerprint density at radius 2 is 1.96 bits per heavy atom. The van der Waals surface area contributed by atoms with Gasteiger partial charge < -0.3 is 9.15 Å². The van der Waals surface area contributed by atoms with Crippen molar-refractivity contribution in [2.45, 2.75) is 6.92 Å². The van der Waals surface area contributed by atoms with E-state index < -0.39 is 11.6 Å². The Kier molecular flexibility index (Phi) is 4.07. The molecule has 0 aliphatic rings. The van der Waals surface area contributed by atoms with Gasteiger partial charge in [0.15, 0.2) is 0 Å². The summed E-state index contributed by atoms with van der Waals surface area (Å²) in [5.74, 6) is -0.146. The lowest BCUT2D eigenvalue weighted by molar-refractivity contribution is -0.131. The summed E-state index contributed by atoms with van der Waals surface area (Å²) >= 11 is 12.0. The third-order valence-corrected chi connectivity index (χ3v) is 3.57. The van der Waals surface area contributed by atoms with Crippen LogP contribution in [0.25, 0.3) is 22.4 Å². The summed E-state index contributed by atoms with van der Waals surface area (Å²) in [6.07, 6.45) is 0. The van der Waals surface area contributed by atoms with Gasteiger partial charge in [0.05, 0.1) is 21.5 Å². The molecule has 1 heterocycles. The van der Waals surface area contributed by atoms with Gasteiger partial charge >= 0.3 is 11.6 Å². The van der Waals surface area contributed by atoms with Crippen molar-refractivity contribution in [2.75, 3.05) is 0 Å². The molecular formula is C16H9Cl2NO4. The zero-order valence-electron chi connectivity index (χ0n) is 11.8. The summed E-state index contributed by atoms with van der Waals surface area (Å²) in [6, 6.07) is 9.30. The van der Waals surface area contributed by atoms with E-state index in [2.05, 4.69) is 4.98 Å². The fourth-order valence-electron chi connectivity index (χ4n) is 2.06. The van der Waals surface area contributed by atoms with Crippen LogP contribution < -0.4 is 10.4 Å². The molecule has 3 aromatic rings. The quantitative estimate of drug-likeness (QED) is 0.514. The number of hydrogen-bond acceptors (Lipinski definition) is 5. The predicted octanol–water partition coefficient (Wildman–Crippen LogP) is 4.09. The zero-order valence-corrected chi connectivity index (χ0v) is 13.3.